The first-order valence-corrected chi connectivity index (χ1v) is 6.97. The average molecular weight is 298 g/mol. The highest BCUT2D eigenvalue weighted by atomic mass is 35.5. The van der Waals surface area contributed by atoms with Crippen LogP contribution in [0.15, 0.2) is 24.3 Å². The number of nitrogens with one attached hydrogen (secondary N) is 2. The third-order valence-electron chi connectivity index (χ3n) is 3.28. The fourth-order valence-electron chi connectivity index (χ4n) is 2.38. The lowest BCUT2D eigenvalue weighted by atomic mass is 10.0. The number of carbonyl (C=O) groups excluding carboxylic acids is 1. The molecule has 2 amide bonds. The van der Waals surface area contributed by atoms with Crippen LogP contribution in [0, 0.1) is 5.92 Å². The number of anilines is 1. The van der Waals surface area contributed by atoms with Gasteiger partial charge in [0, 0.05) is 22.7 Å². The first-order chi connectivity index (χ1) is 9.06. The van der Waals surface area contributed by atoms with Gasteiger partial charge >= 0.3 is 6.03 Å². The number of hydrogen-bond acceptors (Lipinski definition) is 2. The lowest BCUT2D eigenvalue weighted by Crippen LogP contribution is -2.43. The molecule has 1 aromatic carbocycles. The molecule has 0 radical (unpaired) electrons. The number of rotatable bonds is 3. The molecule has 2 atom stereocenters. The zero-order valence-corrected chi connectivity index (χ0v) is 11.9. The lowest BCUT2D eigenvalue weighted by molar-refractivity contribution is 0.247. The van der Waals surface area contributed by atoms with E-state index >= 15 is 0 Å². The van der Waals surface area contributed by atoms with Gasteiger partial charge in [-0.25, -0.2) is 4.79 Å². The van der Waals surface area contributed by atoms with Crippen molar-refractivity contribution in [3.05, 3.63) is 29.3 Å². The third-order valence-corrected chi connectivity index (χ3v) is 3.82. The van der Waals surface area contributed by atoms with Gasteiger partial charge in [0.2, 0.25) is 0 Å². The van der Waals surface area contributed by atoms with Gasteiger partial charge in [0.1, 0.15) is 0 Å². The third kappa shape index (κ3) is 3.81. The molecule has 1 aliphatic rings. The van der Waals surface area contributed by atoms with Crippen LogP contribution in [-0.2, 0) is 0 Å². The van der Waals surface area contributed by atoms with E-state index < -0.39 is 0 Å². The van der Waals surface area contributed by atoms with Crippen LogP contribution in [-0.4, -0.2) is 17.1 Å². The van der Waals surface area contributed by atoms with Crippen LogP contribution < -0.4 is 16.4 Å². The van der Waals surface area contributed by atoms with Crippen LogP contribution in [0.5, 0.6) is 0 Å². The van der Waals surface area contributed by atoms with E-state index in [0.717, 1.165) is 19.3 Å². The van der Waals surface area contributed by atoms with Crippen molar-refractivity contribution in [3.63, 3.8) is 0 Å². The molecule has 6 heteroatoms. The summed E-state index contributed by atoms with van der Waals surface area (Å²) < 4.78 is 0. The van der Waals surface area contributed by atoms with Gasteiger partial charge in [-0.2, -0.15) is 0 Å². The molecule has 4 nitrogen and oxygen atoms in total. The van der Waals surface area contributed by atoms with Crippen LogP contribution in [0.25, 0.3) is 0 Å². The molecule has 0 aromatic heterocycles. The normalized spacial score (nSPS) is 21.9. The molecule has 0 aliphatic heterocycles. The molecule has 1 fully saturated rings. The van der Waals surface area contributed by atoms with E-state index in [4.69, 9.17) is 29.6 Å². The van der Waals surface area contributed by atoms with Crippen LogP contribution in [0.1, 0.15) is 19.3 Å². The minimum atomic E-state index is -0.254. The van der Waals surface area contributed by atoms with Gasteiger partial charge in [-0.3, -0.25) is 0 Å². The van der Waals surface area contributed by atoms with Crippen LogP contribution >= 0.6 is 23.8 Å². The molecular formula is C13H16ClN3OS. The maximum absolute atomic E-state index is 11.9. The minimum absolute atomic E-state index is 0.0247. The number of hydrogen-bond donors (Lipinski definition) is 3. The van der Waals surface area contributed by atoms with Gasteiger partial charge in [-0.1, -0.05) is 36.3 Å². The van der Waals surface area contributed by atoms with Gasteiger partial charge in [0.25, 0.3) is 0 Å². The maximum Gasteiger partial charge on any atom is 0.319 e. The van der Waals surface area contributed by atoms with Crippen molar-refractivity contribution in [2.75, 3.05) is 5.32 Å². The maximum atomic E-state index is 11.9. The van der Waals surface area contributed by atoms with Gasteiger partial charge < -0.3 is 16.4 Å². The quantitative estimate of drug-likeness (QED) is 0.752. The van der Waals surface area contributed by atoms with Crippen molar-refractivity contribution in [3.8, 4) is 0 Å². The molecule has 0 saturated heterocycles. The molecule has 0 bridgehead atoms. The molecular weight excluding hydrogens is 282 g/mol. The van der Waals surface area contributed by atoms with Crippen molar-refractivity contribution < 1.29 is 4.79 Å². The smallest absolute Gasteiger partial charge is 0.319 e. The average Bonchev–Trinajstić information content (AvgIpc) is 2.76. The van der Waals surface area contributed by atoms with E-state index in [0.29, 0.717) is 15.7 Å². The molecule has 102 valence electrons. The van der Waals surface area contributed by atoms with Crippen LogP contribution in [0.3, 0.4) is 0 Å². The van der Waals surface area contributed by atoms with E-state index in [1.807, 2.05) is 0 Å². The molecule has 2 rings (SSSR count). The summed E-state index contributed by atoms with van der Waals surface area (Å²) in [7, 11) is 0. The number of nitrogens with two attached hydrogens (primary N) is 1. The van der Waals surface area contributed by atoms with Crippen LogP contribution in [0.4, 0.5) is 10.5 Å². The summed E-state index contributed by atoms with van der Waals surface area (Å²) in [5.41, 5.74) is 6.34. The van der Waals surface area contributed by atoms with Crippen molar-refractivity contribution in [1.29, 1.82) is 0 Å². The summed E-state index contributed by atoms with van der Waals surface area (Å²) in [5.74, 6) is 0.0973. The zero-order chi connectivity index (χ0) is 13.8. The summed E-state index contributed by atoms with van der Waals surface area (Å²) in [5, 5.41) is 6.25. The molecule has 1 aromatic rings. The Morgan fingerprint density at radius 2 is 2.21 bits per heavy atom. The first kappa shape index (κ1) is 14.1. The van der Waals surface area contributed by atoms with E-state index in [-0.39, 0.29) is 18.0 Å². The Hall–Kier alpha value is -1.33. The summed E-state index contributed by atoms with van der Waals surface area (Å²) in [6.07, 6.45) is 2.88. The summed E-state index contributed by atoms with van der Waals surface area (Å²) in [6.45, 7) is 0. The summed E-state index contributed by atoms with van der Waals surface area (Å²) in [6, 6.07) is 6.79. The SMILES string of the molecule is NC(=S)C1CCCC1NC(=O)Nc1cccc(Cl)c1. The number of halogens is 1. The second-order valence-electron chi connectivity index (χ2n) is 4.66. The molecule has 2 unspecified atom stereocenters. The predicted octanol–water partition coefficient (Wildman–Crippen LogP) is 2.92. The molecule has 4 N–H and O–H groups in total. The lowest BCUT2D eigenvalue weighted by Gasteiger charge is -2.20. The Bertz CT molecular complexity index is 495. The Morgan fingerprint density at radius 1 is 1.42 bits per heavy atom. The molecule has 19 heavy (non-hydrogen) atoms. The van der Waals surface area contributed by atoms with Gasteiger partial charge in [0.15, 0.2) is 0 Å². The van der Waals surface area contributed by atoms with Crippen LogP contribution in [0.2, 0.25) is 5.02 Å². The second-order valence-corrected chi connectivity index (χ2v) is 5.56. The minimum Gasteiger partial charge on any atom is -0.393 e. The Balaban J connectivity index is 1.92. The summed E-state index contributed by atoms with van der Waals surface area (Å²) >= 11 is 10.9. The number of amides is 2. The number of urea groups is 1. The fraction of sp³-hybridized carbons (Fsp3) is 0.385. The molecule has 0 heterocycles. The molecule has 1 saturated carbocycles. The molecule has 1 aliphatic carbocycles. The van der Waals surface area contributed by atoms with Crippen molar-refractivity contribution in [2.24, 2.45) is 11.7 Å². The van der Waals surface area contributed by atoms with Crippen molar-refractivity contribution in [2.45, 2.75) is 25.3 Å². The van der Waals surface area contributed by atoms with E-state index in [1.165, 1.54) is 0 Å². The standard InChI is InChI=1S/C13H16ClN3OS/c14-8-3-1-4-9(7-8)16-13(18)17-11-6-2-5-10(11)12(15)19/h1,3-4,7,10-11H,2,5-6H2,(H2,15,19)(H2,16,17,18). The Kier molecular flexibility index (Phi) is 4.61. The number of benzene rings is 1. The highest BCUT2D eigenvalue weighted by Crippen LogP contribution is 2.26. The van der Waals surface area contributed by atoms with Crippen molar-refractivity contribution >= 4 is 40.5 Å². The largest absolute Gasteiger partial charge is 0.393 e. The fourth-order valence-corrected chi connectivity index (χ4v) is 2.85. The zero-order valence-electron chi connectivity index (χ0n) is 10.4. The van der Waals surface area contributed by atoms with E-state index in [2.05, 4.69) is 10.6 Å². The van der Waals surface area contributed by atoms with Gasteiger partial charge in [-0.15, -0.1) is 0 Å². The van der Waals surface area contributed by atoms with Gasteiger partial charge in [0.05, 0.1) is 4.99 Å². The second kappa shape index (κ2) is 6.21. The first-order valence-electron chi connectivity index (χ1n) is 6.18. The highest BCUT2D eigenvalue weighted by Gasteiger charge is 2.30. The Morgan fingerprint density at radius 3 is 2.89 bits per heavy atom. The van der Waals surface area contributed by atoms with E-state index in [1.54, 1.807) is 24.3 Å². The predicted molar refractivity (Wildman–Crippen MR) is 81.5 cm³/mol. The highest BCUT2D eigenvalue weighted by molar-refractivity contribution is 7.80. The number of carbonyl (C=O) groups is 1. The van der Waals surface area contributed by atoms with E-state index in [9.17, 15) is 4.79 Å². The topological polar surface area (TPSA) is 67.1 Å². The monoisotopic (exact) mass is 297 g/mol. The van der Waals surface area contributed by atoms with Gasteiger partial charge in [-0.05, 0) is 31.0 Å². The molecule has 0 spiro atoms. The number of thiocarbonyl (C=S) groups is 1. The van der Waals surface area contributed by atoms with Crippen molar-refractivity contribution in [1.82, 2.24) is 5.32 Å². The summed E-state index contributed by atoms with van der Waals surface area (Å²) in [4.78, 5) is 12.4. The Labute approximate surface area is 122 Å².